The summed E-state index contributed by atoms with van der Waals surface area (Å²) in [5.41, 5.74) is 0.346. The molecule has 3 rings (SSSR count). The van der Waals surface area contributed by atoms with Crippen LogP contribution >= 0.6 is 11.6 Å². The van der Waals surface area contributed by atoms with Crippen LogP contribution in [0.1, 0.15) is 17.5 Å². The summed E-state index contributed by atoms with van der Waals surface area (Å²) in [6.45, 7) is 0. The molecule has 25 heavy (non-hydrogen) atoms. The van der Waals surface area contributed by atoms with E-state index in [4.69, 9.17) is 16.3 Å². The van der Waals surface area contributed by atoms with Crippen molar-refractivity contribution in [3.8, 4) is 11.5 Å². The summed E-state index contributed by atoms with van der Waals surface area (Å²) in [6.07, 6.45) is -3.87. The Bertz CT molecular complexity index is 828. The maximum Gasteiger partial charge on any atom is 0.416 e. The maximum atomic E-state index is 14.0. The molecule has 0 saturated carbocycles. The molecular weight excluding hydrogens is 362 g/mol. The van der Waals surface area contributed by atoms with Crippen LogP contribution < -0.4 is 9.64 Å². The van der Waals surface area contributed by atoms with Crippen LogP contribution in [0, 0.1) is 5.82 Å². The lowest BCUT2D eigenvalue weighted by molar-refractivity contribution is -0.137. The van der Waals surface area contributed by atoms with E-state index in [1.54, 1.807) is 19.2 Å². The molecule has 0 unspecified atom stereocenters. The van der Waals surface area contributed by atoms with Gasteiger partial charge in [-0.15, -0.1) is 0 Å². The minimum atomic E-state index is -4.70. The number of hydrogen-bond acceptors (Lipinski definition) is 2. The molecule has 2 aromatic carbocycles. The van der Waals surface area contributed by atoms with E-state index in [0.717, 1.165) is 5.56 Å². The second-order valence-electron chi connectivity index (χ2n) is 5.61. The van der Waals surface area contributed by atoms with Crippen molar-refractivity contribution in [2.45, 2.75) is 19.0 Å². The zero-order valence-corrected chi connectivity index (χ0v) is 13.7. The van der Waals surface area contributed by atoms with Gasteiger partial charge in [-0.3, -0.25) is 4.79 Å². The molecule has 0 bridgehead atoms. The third kappa shape index (κ3) is 3.42. The van der Waals surface area contributed by atoms with E-state index >= 15 is 0 Å². The van der Waals surface area contributed by atoms with E-state index in [1.165, 1.54) is 11.0 Å². The fourth-order valence-electron chi connectivity index (χ4n) is 2.64. The van der Waals surface area contributed by atoms with Gasteiger partial charge in [0.25, 0.3) is 0 Å². The number of fused-ring (bicyclic) bond motifs is 1. The highest BCUT2D eigenvalue weighted by molar-refractivity contribution is 6.32. The smallest absolute Gasteiger partial charge is 0.416 e. The number of aryl methyl sites for hydroxylation is 1. The predicted octanol–water partition coefficient (Wildman–Crippen LogP) is 5.20. The van der Waals surface area contributed by atoms with E-state index in [2.05, 4.69) is 0 Å². The first-order valence-corrected chi connectivity index (χ1v) is 7.68. The predicted molar refractivity (Wildman–Crippen MR) is 84.7 cm³/mol. The first-order chi connectivity index (χ1) is 11.7. The zero-order valence-electron chi connectivity index (χ0n) is 13.0. The third-order valence-corrected chi connectivity index (χ3v) is 4.22. The van der Waals surface area contributed by atoms with Crippen LogP contribution in [0.2, 0.25) is 5.02 Å². The van der Waals surface area contributed by atoms with Gasteiger partial charge < -0.3 is 9.64 Å². The van der Waals surface area contributed by atoms with Gasteiger partial charge in [-0.05, 0) is 42.3 Å². The van der Waals surface area contributed by atoms with Crippen LogP contribution in [0.5, 0.6) is 11.5 Å². The summed E-state index contributed by atoms with van der Waals surface area (Å²) in [5, 5.41) is -0.475. The molecule has 1 aliphatic rings. The summed E-state index contributed by atoms with van der Waals surface area (Å²) < 4.78 is 57.4. The van der Waals surface area contributed by atoms with Gasteiger partial charge in [0.2, 0.25) is 5.91 Å². The van der Waals surface area contributed by atoms with Gasteiger partial charge >= 0.3 is 6.18 Å². The number of carbonyl (C=O) groups is 1. The summed E-state index contributed by atoms with van der Waals surface area (Å²) in [7, 11) is 1.65. The maximum absolute atomic E-state index is 14.0. The van der Waals surface area contributed by atoms with Crippen LogP contribution in [0.15, 0.2) is 30.3 Å². The van der Waals surface area contributed by atoms with Crippen molar-refractivity contribution in [2.24, 2.45) is 0 Å². The van der Waals surface area contributed by atoms with Gasteiger partial charge in [0, 0.05) is 19.2 Å². The molecule has 0 N–H and O–H groups in total. The van der Waals surface area contributed by atoms with Crippen molar-refractivity contribution < 1.29 is 27.1 Å². The van der Waals surface area contributed by atoms with Gasteiger partial charge in [-0.25, -0.2) is 4.39 Å². The van der Waals surface area contributed by atoms with E-state index in [9.17, 15) is 22.4 Å². The molecule has 0 fully saturated rings. The molecule has 2 aromatic rings. The third-order valence-electron chi connectivity index (χ3n) is 3.94. The first-order valence-electron chi connectivity index (χ1n) is 7.30. The van der Waals surface area contributed by atoms with Gasteiger partial charge in [0.15, 0.2) is 11.6 Å². The molecule has 0 spiro atoms. The van der Waals surface area contributed by atoms with E-state index < -0.39 is 28.3 Å². The number of ether oxygens (including phenoxy) is 1. The molecule has 1 aliphatic heterocycles. The van der Waals surface area contributed by atoms with Crippen LogP contribution in [0.25, 0.3) is 0 Å². The largest absolute Gasteiger partial charge is 0.453 e. The van der Waals surface area contributed by atoms with E-state index in [1.807, 2.05) is 0 Å². The Hall–Kier alpha value is -2.28. The highest BCUT2D eigenvalue weighted by Gasteiger charge is 2.32. The Labute approximate surface area is 145 Å². The van der Waals surface area contributed by atoms with Gasteiger partial charge in [0.1, 0.15) is 5.75 Å². The molecular formula is C17H12ClF4NO2. The van der Waals surface area contributed by atoms with Crippen molar-refractivity contribution in [1.82, 2.24) is 0 Å². The zero-order chi connectivity index (χ0) is 18.4. The minimum absolute atomic E-state index is 0.0157. The molecule has 3 nitrogen and oxygen atoms in total. The highest BCUT2D eigenvalue weighted by atomic mass is 35.5. The fourth-order valence-corrected chi connectivity index (χ4v) is 2.88. The lowest BCUT2D eigenvalue weighted by atomic mass is 10.0. The molecule has 0 aromatic heterocycles. The molecule has 132 valence electrons. The standard InChI is InChI=1S/C17H12ClF4NO2/c1-23-14-4-3-11(6-9(14)2-5-15(23)24)25-16-12(18)7-10(8-13(16)19)17(20,21)22/h3-4,6-8H,2,5H2,1H3. The highest BCUT2D eigenvalue weighted by Crippen LogP contribution is 2.39. The fraction of sp³-hybridized carbons (Fsp3) is 0.235. The summed E-state index contributed by atoms with van der Waals surface area (Å²) >= 11 is 5.76. The van der Waals surface area contributed by atoms with Gasteiger partial charge in [0.05, 0.1) is 10.6 Å². The molecule has 0 aliphatic carbocycles. The number of benzene rings is 2. The van der Waals surface area contributed by atoms with Crippen molar-refractivity contribution in [3.05, 3.63) is 52.3 Å². The monoisotopic (exact) mass is 373 g/mol. The number of rotatable bonds is 2. The number of alkyl halides is 3. The molecule has 1 heterocycles. The van der Waals surface area contributed by atoms with Crippen LogP contribution in [-0.4, -0.2) is 13.0 Å². The molecule has 8 heteroatoms. The summed E-state index contributed by atoms with van der Waals surface area (Å²) in [6, 6.07) is 5.71. The SMILES string of the molecule is CN1C(=O)CCc2cc(Oc3c(F)cc(C(F)(F)F)cc3Cl)ccc21. The van der Waals surface area contributed by atoms with Gasteiger partial charge in [-0.2, -0.15) is 13.2 Å². The second-order valence-corrected chi connectivity index (χ2v) is 6.02. The van der Waals surface area contributed by atoms with Crippen LogP contribution in [0.4, 0.5) is 23.2 Å². The molecule has 0 saturated heterocycles. The number of halogens is 5. The number of amides is 1. The molecule has 1 amide bonds. The average molecular weight is 374 g/mol. The average Bonchev–Trinajstić information content (AvgIpc) is 2.53. The van der Waals surface area contributed by atoms with Crippen molar-refractivity contribution >= 4 is 23.2 Å². The first kappa shape index (κ1) is 17.5. The molecule has 0 radical (unpaired) electrons. The number of carbonyl (C=O) groups excluding carboxylic acids is 1. The quantitative estimate of drug-likeness (QED) is 0.677. The van der Waals surface area contributed by atoms with Crippen LogP contribution in [-0.2, 0) is 17.4 Å². The van der Waals surface area contributed by atoms with Crippen molar-refractivity contribution in [2.75, 3.05) is 11.9 Å². The van der Waals surface area contributed by atoms with Crippen molar-refractivity contribution in [3.63, 3.8) is 0 Å². The lowest BCUT2D eigenvalue weighted by Gasteiger charge is -2.26. The molecule has 0 atom stereocenters. The van der Waals surface area contributed by atoms with Crippen LogP contribution in [0.3, 0.4) is 0 Å². The van der Waals surface area contributed by atoms with E-state index in [0.29, 0.717) is 30.7 Å². The second kappa shape index (κ2) is 6.22. The topological polar surface area (TPSA) is 29.5 Å². The Kier molecular flexibility index (Phi) is 4.36. The summed E-state index contributed by atoms with van der Waals surface area (Å²) in [5.74, 6) is -1.47. The Morgan fingerprint density at radius 2 is 1.88 bits per heavy atom. The number of nitrogens with zero attached hydrogens (tertiary/aromatic N) is 1. The van der Waals surface area contributed by atoms with Gasteiger partial charge in [-0.1, -0.05) is 11.6 Å². The van der Waals surface area contributed by atoms with Crippen molar-refractivity contribution in [1.29, 1.82) is 0 Å². The Morgan fingerprint density at radius 1 is 1.16 bits per heavy atom. The number of hydrogen-bond donors (Lipinski definition) is 0. The minimum Gasteiger partial charge on any atom is -0.453 e. The summed E-state index contributed by atoms with van der Waals surface area (Å²) in [4.78, 5) is 13.2. The number of anilines is 1. The van der Waals surface area contributed by atoms with E-state index in [-0.39, 0.29) is 11.7 Å². The lowest BCUT2D eigenvalue weighted by Crippen LogP contribution is -2.30. The normalized spacial score (nSPS) is 14.5. The Balaban J connectivity index is 1.92. The Morgan fingerprint density at radius 3 is 2.52 bits per heavy atom.